The summed E-state index contributed by atoms with van der Waals surface area (Å²) in [4.78, 5) is 0. The Kier molecular flexibility index (Phi) is 3.03. The van der Waals surface area contributed by atoms with Crippen LogP contribution in [0.2, 0.25) is 0 Å². The number of hydrogen-bond acceptors (Lipinski definition) is 2. The highest BCUT2D eigenvalue weighted by molar-refractivity contribution is 5.35. The molecule has 1 unspecified atom stereocenters. The lowest BCUT2D eigenvalue weighted by molar-refractivity contribution is 0.669. The van der Waals surface area contributed by atoms with Gasteiger partial charge < -0.3 is 5.73 Å². The van der Waals surface area contributed by atoms with Crippen molar-refractivity contribution in [2.75, 3.05) is 0 Å². The van der Waals surface area contributed by atoms with Crippen molar-refractivity contribution >= 4 is 0 Å². The molecule has 0 aliphatic rings. The van der Waals surface area contributed by atoms with Crippen molar-refractivity contribution in [3.05, 3.63) is 52.3 Å². The van der Waals surface area contributed by atoms with Gasteiger partial charge in [-0.05, 0) is 43.5 Å². The molecular formula is C14H19N3. The van der Waals surface area contributed by atoms with Gasteiger partial charge in [-0.25, -0.2) is 0 Å². The molecule has 0 spiro atoms. The first-order valence-electron chi connectivity index (χ1n) is 5.82. The Bertz CT molecular complexity index is 540. The summed E-state index contributed by atoms with van der Waals surface area (Å²) in [6.07, 6.45) is 0. The van der Waals surface area contributed by atoms with Gasteiger partial charge >= 0.3 is 0 Å². The smallest absolute Gasteiger partial charge is 0.0723 e. The first-order chi connectivity index (χ1) is 7.99. The van der Waals surface area contributed by atoms with E-state index in [1.54, 1.807) is 0 Å². The monoisotopic (exact) mass is 229 g/mol. The molecule has 0 bridgehead atoms. The molecule has 0 saturated heterocycles. The second-order valence-corrected chi connectivity index (χ2v) is 4.66. The van der Waals surface area contributed by atoms with E-state index in [-0.39, 0.29) is 6.04 Å². The fourth-order valence-electron chi connectivity index (χ4n) is 2.05. The third kappa shape index (κ3) is 2.24. The maximum Gasteiger partial charge on any atom is 0.0723 e. The summed E-state index contributed by atoms with van der Waals surface area (Å²) >= 11 is 0. The molecule has 0 aliphatic carbocycles. The molecule has 3 heteroatoms. The second kappa shape index (κ2) is 4.34. The standard InChI is InChI=1S/C14H19N3/c1-9-5-6-12(7-10(9)2)14(15)13-8-11(3)16-17(13)4/h5-8,14H,15H2,1-4H3. The van der Waals surface area contributed by atoms with Gasteiger partial charge in [0.05, 0.1) is 17.4 Å². The van der Waals surface area contributed by atoms with Gasteiger partial charge in [0.2, 0.25) is 0 Å². The Balaban J connectivity index is 2.40. The summed E-state index contributed by atoms with van der Waals surface area (Å²) in [5.41, 5.74) is 12.0. The van der Waals surface area contributed by atoms with E-state index in [2.05, 4.69) is 37.1 Å². The minimum Gasteiger partial charge on any atom is -0.319 e. The van der Waals surface area contributed by atoms with Crippen LogP contribution in [0.15, 0.2) is 24.3 Å². The third-order valence-corrected chi connectivity index (χ3v) is 3.25. The van der Waals surface area contributed by atoms with Gasteiger partial charge in [-0.2, -0.15) is 5.10 Å². The fraction of sp³-hybridized carbons (Fsp3) is 0.357. The van der Waals surface area contributed by atoms with Gasteiger partial charge in [-0.3, -0.25) is 4.68 Å². The number of benzene rings is 1. The molecule has 3 nitrogen and oxygen atoms in total. The molecule has 2 aromatic rings. The number of hydrogen-bond donors (Lipinski definition) is 1. The van der Waals surface area contributed by atoms with Gasteiger partial charge in [0.25, 0.3) is 0 Å². The molecule has 1 aromatic carbocycles. The summed E-state index contributed by atoms with van der Waals surface area (Å²) in [6, 6.07) is 8.30. The number of rotatable bonds is 2. The van der Waals surface area contributed by atoms with Crippen LogP contribution in [0, 0.1) is 20.8 Å². The van der Waals surface area contributed by atoms with Crippen LogP contribution in [-0.2, 0) is 7.05 Å². The molecule has 1 aromatic heterocycles. The van der Waals surface area contributed by atoms with Crippen molar-refractivity contribution in [2.45, 2.75) is 26.8 Å². The number of aryl methyl sites for hydroxylation is 4. The van der Waals surface area contributed by atoms with Crippen molar-refractivity contribution in [1.82, 2.24) is 9.78 Å². The maximum atomic E-state index is 6.29. The predicted octanol–water partition coefficient (Wildman–Crippen LogP) is 2.39. The lowest BCUT2D eigenvalue weighted by atomic mass is 9.99. The van der Waals surface area contributed by atoms with Crippen LogP contribution in [0.4, 0.5) is 0 Å². The van der Waals surface area contributed by atoms with E-state index in [0.717, 1.165) is 17.0 Å². The molecule has 0 aliphatic heterocycles. The van der Waals surface area contributed by atoms with Gasteiger partial charge in [0, 0.05) is 7.05 Å². The van der Waals surface area contributed by atoms with Crippen LogP contribution in [0.5, 0.6) is 0 Å². The highest BCUT2D eigenvalue weighted by atomic mass is 15.3. The molecule has 1 atom stereocenters. The maximum absolute atomic E-state index is 6.29. The average Bonchev–Trinajstić information content (AvgIpc) is 2.61. The lowest BCUT2D eigenvalue weighted by Crippen LogP contribution is -2.16. The van der Waals surface area contributed by atoms with Crippen LogP contribution in [0.1, 0.15) is 34.1 Å². The highest BCUT2D eigenvalue weighted by Crippen LogP contribution is 2.21. The highest BCUT2D eigenvalue weighted by Gasteiger charge is 2.14. The summed E-state index contributed by atoms with van der Waals surface area (Å²) in [7, 11) is 1.93. The van der Waals surface area contributed by atoms with Crippen LogP contribution < -0.4 is 5.73 Å². The largest absolute Gasteiger partial charge is 0.319 e. The van der Waals surface area contributed by atoms with E-state index in [0.29, 0.717) is 0 Å². The quantitative estimate of drug-likeness (QED) is 0.859. The number of aromatic nitrogens is 2. The van der Waals surface area contributed by atoms with Crippen LogP contribution >= 0.6 is 0 Å². The van der Waals surface area contributed by atoms with Crippen molar-refractivity contribution in [3.63, 3.8) is 0 Å². The summed E-state index contributed by atoms with van der Waals surface area (Å²) in [6.45, 7) is 6.20. The SMILES string of the molecule is Cc1cc(C(N)c2ccc(C)c(C)c2)n(C)n1. The minimum atomic E-state index is -0.111. The Morgan fingerprint density at radius 2 is 1.82 bits per heavy atom. The third-order valence-electron chi connectivity index (χ3n) is 3.25. The number of nitrogens with two attached hydrogens (primary N) is 1. The second-order valence-electron chi connectivity index (χ2n) is 4.66. The molecular weight excluding hydrogens is 210 g/mol. The fourth-order valence-corrected chi connectivity index (χ4v) is 2.05. The van der Waals surface area contributed by atoms with Crippen molar-refractivity contribution in [3.8, 4) is 0 Å². The number of nitrogens with zero attached hydrogens (tertiary/aromatic N) is 2. The zero-order valence-electron chi connectivity index (χ0n) is 10.9. The topological polar surface area (TPSA) is 43.8 Å². The zero-order valence-corrected chi connectivity index (χ0v) is 10.9. The summed E-state index contributed by atoms with van der Waals surface area (Å²) in [5, 5.41) is 4.33. The van der Waals surface area contributed by atoms with Gasteiger partial charge in [-0.1, -0.05) is 18.2 Å². The van der Waals surface area contributed by atoms with Gasteiger partial charge in [0.15, 0.2) is 0 Å². The first kappa shape index (κ1) is 11.9. The van der Waals surface area contributed by atoms with E-state index in [1.165, 1.54) is 11.1 Å². The Labute approximate surface area is 102 Å². The van der Waals surface area contributed by atoms with E-state index < -0.39 is 0 Å². The molecule has 1 heterocycles. The Hall–Kier alpha value is -1.61. The van der Waals surface area contributed by atoms with Crippen molar-refractivity contribution in [2.24, 2.45) is 12.8 Å². The van der Waals surface area contributed by atoms with E-state index in [1.807, 2.05) is 24.7 Å². The van der Waals surface area contributed by atoms with E-state index in [9.17, 15) is 0 Å². The van der Waals surface area contributed by atoms with Gasteiger partial charge in [0.1, 0.15) is 0 Å². The molecule has 17 heavy (non-hydrogen) atoms. The molecule has 0 amide bonds. The van der Waals surface area contributed by atoms with Crippen LogP contribution in [0.25, 0.3) is 0 Å². The average molecular weight is 229 g/mol. The predicted molar refractivity (Wildman–Crippen MR) is 69.9 cm³/mol. The Morgan fingerprint density at radius 3 is 2.35 bits per heavy atom. The first-order valence-corrected chi connectivity index (χ1v) is 5.82. The molecule has 90 valence electrons. The molecule has 2 rings (SSSR count). The molecule has 0 saturated carbocycles. The minimum absolute atomic E-state index is 0.111. The van der Waals surface area contributed by atoms with E-state index >= 15 is 0 Å². The van der Waals surface area contributed by atoms with Crippen molar-refractivity contribution < 1.29 is 0 Å². The van der Waals surface area contributed by atoms with Crippen molar-refractivity contribution in [1.29, 1.82) is 0 Å². The van der Waals surface area contributed by atoms with Crippen LogP contribution in [-0.4, -0.2) is 9.78 Å². The molecule has 0 fully saturated rings. The molecule has 0 radical (unpaired) electrons. The van der Waals surface area contributed by atoms with Crippen LogP contribution in [0.3, 0.4) is 0 Å². The normalized spacial score (nSPS) is 12.8. The molecule has 2 N–H and O–H groups in total. The zero-order chi connectivity index (χ0) is 12.6. The van der Waals surface area contributed by atoms with E-state index in [4.69, 9.17) is 5.73 Å². The van der Waals surface area contributed by atoms with Gasteiger partial charge in [-0.15, -0.1) is 0 Å². The summed E-state index contributed by atoms with van der Waals surface area (Å²) < 4.78 is 1.86. The summed E-state index contributed by atoms with van der Waals surface area (Å²) in [5.74, 6) is 0. The lowest BCUT2D eigenvalue weighted by Gasteiger charge is -2.14. The Morgan fingerprint density at radius 1 is 1.12 bits per heavy atom.